The van der Waals surface area contributed by atoms with Gasteiger partial charge in [-0.3, -0.25) is 9.97 Å². The van der Waals surface area contributed by atoms with Crippen LogP contribution in [0.2, 0.25) is 0 Å². The third-order valence-corrected chi connectivity index (χ3v) is 4.29. The number of hydrogen-bond acceptors (Lipinski definition) is 7. The summed E-state index contributed by atoms with van der Waals surface area (Å²) >= 11 is 0. The highest BCUT2D eigenvalue weighted by Gasteiger charge is 2.35. The Bertz CT molecular complexity index is 998. The Hall–Kier alpha value is -3.55. The van der Waals surface area contributed by atoms with Crippen LogP contribution in [0, 0.1) is 0 Å². The van der Waals surface area contributed by atoms with Crippen molar-refractivity contribution in [3.63, 3.8) is 0 Å². The summed E-state index contributed by atoms with van der Waals surface area (Å²) in [7, 11) is 0. The molecular weight excluding hydrogens is 344 g/mol. The molecule has 8 nitrogen and oxygen atoms in total. The van der Waals surface area contributed by atoms with E-state index in [1.165, 1.54) is 0 Å². The summed E-state index contributed by atoms with van der Waals surface area (Å²) in [5.41, 5.74) is 2.86. The van der Waals surface area contributed by atoms with E-state index in [0.29, 0.717) is 29.6 Å². The number of carbonyl (C=O) groups excluding carboxylic acids is 1. The predicted octanol–water partition coefficient (Wildman–Crippen LogP) is 2.59. The van der Waals surface area contributed by atoms with Crippen LogP contribution in [-0.2, 0) is 9.53 Å². The molecule has 0 fully saturated rings. The number of aromatic nitrogens is 5. The molecule has 0 aromatic carbocycles. The zero-order valence-corrected chi connectivity index (χ0v) is 15.0. The second-order valence-electron chi connectivity index (χ2n) is 6.01. The largest absolute Gasteiger partial charge is 0.463 e. The fraction of sp³-hybridized carbons (Fsp3) is 0.211. The quantitative estimate of drug-likeness (QED) is 0.713. The van der Waals surface area contributed by atoms with Crippen molar-refractivity contribution in [3.8, 4) is 11.4 Å². The van der Waals surface area contributed by atoms with Crippen LogP contribution < -0.4 is 5.32 Å². The molecule has 4 rings (SSSR count). The minimum atomic E-state index is -0.457. The number of nitrogens with one attached hydrogen (secondary N) is 1. The van der Waals surface area contributed by atoms with Gasteiger partial charge in [0, 0.05) is 36.0 Å². The number of rotatable bonds is 4. The smallest absolute Gasteiger partial charge is 0.338 e. The molecule has 0 bridgehead atoms. The van der Waals surface area contributed by atoms with Crippen LogP contribution in [0.5, 0.6) is 0 Å². The van der Waals surface area contributed by atoms with Gasteiger partial charge in [-0.25, -0.2) is 9.48 Å². The second kappa shape index (κ2) is 6.99. The number of pyridine rings is 2. The molecule has 0 aliphatic carbocycles. The molecule has 3 aromatic heterocycles. The molecule has 0 radical (unpaired) electrons. The molecule has 1 atom stereocenters. The monoisotopic (exact) mass is 362 g/mol. The van der Waals surface area contributed by atoms with Gasteiger partial charge in [-0.05, 0) is 43.7 Å². The van der Waals surface area contributed by atoms with Crippen LogP contribution in [0.4, 0.5) is 5.95 Å². The van der Waals surface area contributed by atoms with Crippen LogP contribution in [0.25, 0.3) is 11.4 Å². The molecule has 136 valence electrons. The Morgan fingerprint density at radius 1 is 1.22 bits per heavy atom. The minimum absolute atomic E-state index is 0.295. The van der Waals surface area contributed by atoms with Gasteiger partial charge in [0.05, 0.1) is 12.2 Å². The standard InChI is InChI=1S/C19H18N6O2/c1-3-27-18(26)15-12(2)22-19-23-17(14-5-4-8-21-11-14)24-25(19)16(15)13-6-9-20-10-7-13/h4-11,16H,3H2,1-2H3,(H,22,23,24). The van der Waals surface area contributed by atoms with E-state index in [1.54, 1.807) is 36.4 Å². The van der Waals surface area contributed by atoms with E-state index in [9.17, 15) is 4.79 Å². The van der Waals surface area contributed by atoms with Crippen LogP contribution >= 0.6 is 0 Å². The molecule has 27 heavy (non-hydrogen) atoms. The van der Waals surface area contributed by atoms with Gasteiger partial charge in [0.25, 0.3) is 0 Å². The third kappa shape index (κ3) is 3.05. The van der Waals surface area contributed by atoms with Crippen molar-refractivity contribution in [1.29, 1.82) is 0 Å². The Labute approximate surface area is 155 Å². The van der Waals surface area contributed by atoms with Crippen molar-refractivity contribution in [3.05, 3.63) is 65.9 Å². The maximum Gasteiger partial charge on any atom is 0.338 e. The number of ether oxygens (including phenoxy) is 1. The summed E-state index contributed by atoms with van der Waals surface area (Å²) in [6, 6.07) is 6.98. The van der Waals surface area contributed by atoms with Gasteiger partial charge < -0.3 is 10.1 Å². The molecule has 1 N–H and O–H groups in total. The molecule has 8 heteroatoms. The van der Waals surface area contributed by atoms with Gasteiger partial charge in [0.1, 0.15) is 6.04 Å². The number of hydrogen-bond donors (Lipinski definition) is 1. The first kappa shape index (κ1) is 16.9. The van der Waals surface area contributed by atoms with Gasteiger partial charge >= 0.3 is 5.97 Å². The molecule has 0 saturated carbocycles. The Morgan fingerprint density at radius 2 is 2.04 bits per heavy atom. The van der Waals surface area contributed by atoms with Gasteiger partial charge in [-0.1, -0.05) is 0 Å². The van der Waals surface area contributed by atoms with Gasteiger partial charge in [0.15, 0.2) is 5.82 Å². The number of esters is 1. The van der Waals surface area contributed by atoms with Crippen LogP contribution in [-0.4, -0.2) is 37.3 Å². The number of fused-ring (bicyclic) bond motifs is 1. The summed E-state index contributed by atoms with van der Waals surface area (Å²) in [5.74, 6) is 0.706. The normalized spacial score (nSPS) is 15.9. The van der Waals surface area contributed by atoms with E-state index < -0.39 is 6.04 Å². The lowest BCUT2D eigenvalue weighted by molar-refractivity contribution is -0.139. The minimum Gasteiger partial charge on any atom is -0.463 e. The highest BCUT2D eigenvalue weighted by Crippen LogP contribution is 2.36. The first-order valence-corrected chi connectivity index (χ1v) is 8.60. The molecule has 3 aromatic rings. The summed E-state index contributed by atoms with van der Waals surface area (Å²) in [6.07, 6.45) is 6.78. The first-order valence-electron chi connectivity index (χ1n) is 8.60. The molecule has 1 aliphatic rings. The van der Waals surface area contributed by atoms with Crippen molar-refractivity contribution < 1.29 is 9.53 Å². The van der Waals surface area contributed by atoms with Crippen molar-refractivity contribution in [2.45, 2.75) is 19.9 Å². The van der Waals surface area contributed by atoms with E-state index in [4.69, 9.17) is 4.74 Å². The molecule has 1 unspecified atom stereocenters. The lowest BCUT2D eigenvalue weighted by Crippen LogP contribution is -2.29. The summed E-state index contributed by atoms with van der Waals surface area (Å²) in [5, 5.41) is 7.82. The number of allylic oxidation sites excluding steroid dienone is 1. The van der Waals surface area contributed by atoms with Gasteiger partial charge in [-0.15, -0.1) is 5.10 Å². The maximum absolute atomic E-state index is 12.7. The van der Waals surface area contributed by atoms with Gasteiger partial charge in [-0.2, -0.15) is 4.98 Å². The highest BCUT2D eigenvalue weighted by molar-refractivity contribution is 5.92. The zero-order valence-electron chi connectivity index (χ0n) is 15.0. The number of carbonyl (C=O) groups is 1. The second-order valence-corrected chi connectivity index (χ2v) is 6.01. The Morgan fingerprint density at radius 3 is 2.74 bits per heavy atom. The predicted molar refractivity (Wildman–Crippen MR) is 98.6 cm³/mol. The highest BCUT2D eigenvalue weighted by atomic mass is 16.5. The van der Waals surface area contributed by atoms with Crippen molar-refractivity contribution in [2.75, 3.05) is 11.9 Å². The summed E-state index contributed by atoms with van der Waals surface area (Å²) in [4.78, 5) is 25.5. The van der Waals surface area contributed by atoms with E-state index in [0.717, 1.165) is 11.1 Å². The van der Waals surface area contributed by atoms with Crippen molar-refractivity contribution in [1.82, 2.24) is 24.7 Å². The van der Waals surface area contributed by atoms with Crippen LogP contribution in [0.15, 0.2) is 60.3 Å². The molecule has 4 heterocycles. The van der Waals surface area contributed by atoms with Gasteiger partial charge in [0.2, 0.25) is 5.95 Å². The lowest BCUT2D eigenvalue weighted by atomic mass is 9.97. The zero-order chi connectivity index (χ0) is 18.8. The van der Waals surface area contributed by atoms with Crippen molar-refractivity contribution >= 4 is 11.9 Å². The topological polar surface area (TPSA) is 94.8 Å². The Kier molecular flexibility index (Phi) is 4.37. The molecule has 0 amide bonds. The average molecular weight is 362 g/mol. The number of anilines is 1. The van der Waals surface area contributed by atoms with Crippen LogP contribution in [0.1, 0.15) is 25.5 Å². The molecule has 0 spiro atoms. The third-order valence-electron chi connectivity index (χ3n) is 4.29. The summed E-state index contributed by atoms with van der Waals surface area (Å²) in [6.45, 7) is 3.92. The van der Waals surface area contributed by atoms with Crippen molar-refractivity contribution in [2.24, 2.45) is 0 Å². The first-order chi connectivity index (χ1) is 13.2. The SMILES string of the molecule is CCOC(=O)C1=C(C)Nc2nc(-c3cccnc3)nn2C1c1ccncc1. The van der Waals surface area contributed by atoms with Crippen LogP contribution in [0.3, 0.4) is 0 Å². The molecular formula is C19H18N6O2. The number of nitrogens with zero attached hydrogens (tertiary/aromatic N) is 5. The maximum atomic E-state index is 12.7. The van der Waals surface area contributed by atoms with E-state index in [-0.39, 0.29) is 5.97 Å². The lowest BCUT2D eigenvalue weighted by Gasteiger charge is -2.27. The molecule has 0 saturated heterocycles. The Balaban J connectivity index is 1.86. The van der Waals surface area contributed by atoms with E-state index >= 15 is 0 Å². The average Bonchev–Trinajstić information content (AvgIpc) is 3.12. The van der Waals surface area contributed by atoms with E-state index in [2.05, 4.69) is 25.4 Å². The molecule has 1 aliphatic heterocycles. The fourth-order valence-electron chi connectivity index (χ4n) is 3.10. The van der Waals surface area contributed by atoms with E-state index in [1.807, 2.05) is 31.2 Å². The summed E-state index contributed by atoms with van der Waals surface area (Å²) < 4.78 is 6.99. The fourth-order valence-corrected chi connectivity index (χ4v) is 3.10.